The van der Waals surface area contributed by atoms with E-state index in [2.05, 4.69) is 4.98 Å². The molecular weight excluding hydrogens is 264 g/mol. The summed E-state index contributed by atoms with van der Waals surface area (Å²) in [5, 5.41) is -0.0614. The Morgan fingerprint density at radius 3 is 2.47 bits per heavy atom. The fraction of sp³-hybridized carbons (Fsp3) is 0.182. The summed E-state index contributed by atoms with van der Waals surface area (Å²) in [6.07, 6.45) is 3.23. The van der Waals surface area contributed by atoms with Crippen LogP contribution >= 0.6 is 23.2 Å². The van der Waals surface area contributed by atoms with Gasteiger partial charge in [0, 0.05) is 11.7 Å². The highest BCUT2D eigenvalue weighted by molar-refractivity contribution is 6.35. The van der Waals surface area contributed by atoms with Gasteiger partial charge in [-0.1, -0.05) is 23.2 Å². The minimum atomic E-state index is -0.625. The highest BCUT2D eigenvalue weighted by atomic mass is 35.5. The van der Waals surface area contributed by atoms with E-state index in [9.17, 15) is 4.39 Å². The largest absolute Gasteiger partial charge is 0.323 e. The summed E-state index contributed by atoms with van der Waals surface area (Å²) in [5.74, 6) is -0.625. The van der Waals surface area contributed by atoms with Crippen molar-refractivity contribution < 1.29 is 4.39 Å². The summed E-state index contributed by atoms with van der Waals surface area (Å²) >= 11 is 11.5. The van der Waals surface area contributed by atoms with Crippen molar-refractivity contribution in [2.45, 2.75) is 13.0 Å². The van der Waals surface area contributed by atoms with Crippen molar-refractivity contribution in [2.24, 2.45) is 5.73 Å². The van der Waals surface area contributed by atoms with Crippen LogP contribution in [0.2, 0.25) is 10.0 Å². The summed E-state index contributed by atoms with van der Waals surface area (Å²) in [5.41, 5.74) is 7.23. The number of rotatable bonds is 2. The van der Waals surface area contributed by atoms with E-state index in [0.29, 0.717) is 5.69 Å². The number of nitrogens with two attached hydrogens (primary N) is 1. The average molecular weight is 274 g/mol. The lowest BCUT2D eigenvalue weighted by Crippen LogP contribution is -2.10. The van der Waals surface area contributed by atoms with Gasteiger partial charge >= 0.3 is 0 Å². The van der Waals surface area contributed by atoms with Gasteiger partial charge in [-0.3, -0.25) is 0 Å². The molecule has 1 aromatic heterocycles. The Kier molecular flexibility index (Phi) is 3.38. The van der Waals surface area contributed by atoms with E-state index in [-0.39, 0.29) is 16.1 Å². The molecule has 1 aromatic carbocycles. The summed E-state index contributed by atoms with van der Waals surface area (Å²) in [6, 6.07) is 2.77. The molecule has 0 aliphatic heterocycles. The standard InChI is InChI=1S/C11H10Cl2FN3/c1-6(15)10-4-16-5-17(10)7-2-8(12)11(14)9(13)3-7/h2-6H,15H2,1H3/t6-/m0/s1. The quantitative estimate of drug-likeness (QED) is 0.853. The summed E-state index contributed by atoms with van der Waals surface area (Å²) in [7, 11) is 0. The molecule has 0 spiro atoms. The second-order valence-corrected chi connectivity index (χ2v) is 4.51. The SMILES string of the molecule is C[C@H](N)c1cncn1-c1cc(Cl)c(F)c(Cl)c1. The van der Waals surface area contributed by atoms with Crippen molar-refractivity contribution in [3.05, 3.63) is 46.2 Å². The first kappa shape index (κ1) is 12.4. The van der Waals surface area contributed by atoms with Crippen LogP contribution in [-0.2, 0) is 0 Å². The maximum absolute atomic E-state index is 13.3. The van der Waals surface area contributed by atoms with E-state index >= 15 is 0 Å². The fourth-order valence-corrected chi connectivity index (χ4v) is 2.01. The predicted octanol–water partition coefficient (Wildman–Crippen LogP) is 3.34. The van der Waals surface area contributed by atoms with Crippen molar-refractivity contribution in [2.75, 3.05) is 0 Å². The number of hydrogen-bond donors (Lipinski definition) is 1. The topological polar surface area (TPSA) is 43.8 Å². The van der Waals surface area contributed by atoms with Gasteiger partial charge in [0.05, 0.1) is 28.3 Å². The van der Waals surface area contributed by atoms with Crippen molar-refractivity contribution in [1.82, 2.24) is 9.55 Å². The van der Waals surface area contributed by atoms with E-state index < -0.39 is 5.82 Å². The van der Waals surface area contributed by atoms with Gasteiger partial charge in [-0.15, -0.1) is 0 Å². The molecule has 2 rings (SSSR count). The molecule has 90 valence electrons. The Morgan fingerprint density at radius 2 is 1.94 bits per heavy atom. The lowest BCUT2D eigenvalue weighted by Gasteiger charge is -2.11. The van der Waals surface area contributed by atoms with Crippen LogP contribution in [0.3, 0.4) is 0 Å². The van der Waals surface area contributed by atoms with Crippen LogP contribution in [0.4, 0.5) is 4.39 Å². The molecule has 1 heterocycles. The minimum Gasteiger partial charge on any atom is -0.323 e. The summed E-state index contributed by atoms with van der Waals surface area (Å²) in [6.45, 7) is 1.83. The molecule has 17 heavy (non-hydrogen) atoms. The van der Waals surface area contributed by atoms with Crippen LogP contribution < -0.4 is 5.73 Å². The van der Waals surface area contributed by atoms with Gasteiger partial charge < -0.3 is 10.3 Å². The van der Waals surface area contributed by atoms with Crippen molar-refractivity contribution in [1.29, 1.82) is 0 Å². The van der Waals surface area contributed by atoms with Crippen molar-refractivity contribution in [3.63, 3.8) is 0 Å². The third-order valence-corrected chi connectivity index (χ3v) is 2.93. The average Bonchev–Trinajstić information content (AvgIpc) is 2.74. The van der Waals surface area contributed by atoms with Crippen LogP contribution in [0, 0.1) is 5.82 Å². The van der Waals surface area contributed by atoms with Gasteiger partial charge in [0.2, 0.25) is 0 Å². The number of hydrogen-bond acceptors (Lipinski definition) is 2. The van der Waals surface area contributed by atoms with E-state index in [0.717, 1.165) is 5.69 Å². The monoisotopic (exact) mass is 273 g/mol. The molecule has 1 atom stereocenters. The van der Waals surface area contributed by atoms with Gasteiger partial charge in [0.15, 0.2) is 5.82 Å². The summed E-state index contributed by atoms with van der Waals surface area (Å²) < 4.78 is 15.0. The first-order valence-corrected chi connectivity index (χ1v) is 5.69. The van der Waals surface area contributed by atoms with Gasteiger partial charge in [0.25, 0.3) is 0 Å². The van der Waals surface area contributed by atoms with E-state index in [1.54, 1.807) is 17.1 Å². The molecule has 3 nitrogen and oxygen atoms in total. The fourth-order valence-electron chi connectivity index (χ4n) is 1.54. The van der Waals surface area contributed by atoms with Gasteiger partial charge in [0.1, 0.15) is 0 Å². The Morgan fingerprint density at radius 1 is 1.35 bits per heavy atom. The highest BCUT2D eigenvalue weighted by Gasteiger charge is 2.12. The summed E-state index contributed by atoms with van der Waals surface area (Å²) in [4.78, 5) is 4.00. The van der Waals surface area contributed by atoms with Crippen molar-refractivity contribution >= 4 is 23.2 Å². The second-order valence-electron chi connectivity index (χ2n) is 3.70. The number of nitrogens with zero attached hydrogens (tertiary/aromatic N) is 2. The molecule has 0 unspecified atom stereocenters. The first-order valence-electron chi connectivity index (χ1n) is 4.93. The molecule has 0 aliphatic carbocycles. The highest BCUT2D eigenvalue weighted by Crippen LogP contribution is 2.27. The van der Waals surface area contributed by atoms with Gasteiger partial charge in [-0.2, -0.15) is 0 Å². The Bertz CT molecular complexity index is 528. The molecule has 2 aromatic rings. The molecule has 0 aliphatic rings. The Balaban J connectivity index is 2.57. The van der Waals surface area contributed by atoms with Crippen LogP contribution in [-0.4, -0.2) is 9.55 Å². The minimum absolute atomic E-state index is 0.0307. The Hall–Kier alpha value is -1.10. The molecule has 6 heteroatoms. The van der Waals surface area contributed by atoms with Crippen LogP contribution in [0.25, 0.3) is 5.69 Å². The molecule has 2 N–H and O–H groups in total. The van der Waals surface area contributed by atoms with E-state index in [1.165, 1.54) is 12.1 Å². The molecule has 0 radical (unpaired) electrons. The Labute approximate surface area is 108 Å². The number of imidazole rings is 1. The normalized spacial score (nSPS) is 12.8. The van der Waals surface area contributed by atoms with E-state index in [4.69, 9.17) is 28.9 Å². The van der Waals surface area contributed by atoms with Gasteiger partial charge in [-0.25, -0.2) is 9.37 Å². The maximum Gasteiger partial charge on any atom is 0.160 e. The first-order chi connectivity index (χ1) is 8.00. The third-order valence-electron chi connectivity index (χ3n) is 2.38. The van der Waals surface area contributed by atoms with E-state index in [1.807, 2.05) is 6.92 Å². The third kappa shape index (κ3) is 2.29. The van der Waals surface area contributed by atoms with Crippen LogP contribution in [0.1, 0.15) is 18.7 Å². The molecule has 0 saturated heterocycles. The molecule has 0 saturated carbocycles. The number of halogens is 3. The second kappa shape index (κ2) is 4.64. The van der Waals surface area contributed by atoms with Crippen molar-refractivity contribution in [3.8, 4) is 5.69 Å². The van der Waals surface area contributed by atoms with Crippen LogP contribution in [0.15, 0.2) is 24.7 Å². The predicted molar refractivity (Wildman–Crippen MR) is 66.1 cm³/mol. The number of aromatic nitrogens is 2. The zero-order valence-electron chi connectivity index (χ0n) is 8.99. The van der Waals surface area contributed by atoms with Gasteiger partial charge in [-0.05, 0) is 19.1 Å². The molecular formula is C11H10Cl2FN3. The zero-order chi connectivity index (χ0) is 12.6. The van der Waals surface area contributed by atoms with Crippen LogP contribution in [0.5, 0.6) is 0 Å². The lowest BCUT2D eigenvalue weighted by atomic mass is 10.2. The molecule has 0 fully saturated rings. The maximum atomic E-state index is 13.3. The molecule has 0 amide bonds. The smallest absolute Gasteiger partial charge is 0.160 e. The lowest BCUT2D eigenvalue weighted by molar-refractivity contribution is 0.628. The zero-order valence-corrected chi connectivity index (χ0v) is 10.5. The number of benzene rings is 1. The molecule has 0 bridgehead atoms.